The molecule has 0 aromatic heterocycles. The molecule has 3 heteroatoms. The number of Topliss-reactive ketones (excluding diaryl/α,β-unsaturated/α-hetero) is 1. The van der Waals surface area contributed by atoms with Gasteiger partial charge in [-0.15, -0.1) is 5.06 Å². The summed E-state index contributed by atoms with van der Waals surface area (Å²) in [4.78, 5) is 18.9. The van der Waals surface area contributed by atoms with Crippen molar-refractivity contribution in [1.29, 1.82) is 0 Å². The number of fused-ring (bicyclic) bond motifs is 1. The number of nitrogens with zero attached hydrogens (tertiary/aromatic N) is 1. The number of rotatable bonds is 8. The summed E-state index contributed by atoms with van der Waals surface area (Å²) < 4.78 is 0. The third kappa shape index (κ3) is 2.40. The van der Waals surface area contributed by atoms with Crippen LogP contribution in [0.5, 0.6) is 0 Å². The SMILES string of the molecule is CCCCC[C@@]1(C(=O)CCC)CC[C@@]2(c3ccccc3)ON12. The molecule has 2 aliphatic heterocycles. The molecule has 0 radical (unpaired) electrons. The van der Waals surface area contributed by atoms with Crippen molar-refractivity contribution in [3.8, 4) is 0 Å². The molecule has 2 aliphatic rings. The van der Waals surface area contributed by atoms with Crippen LogP contribution in [0.1, 0.15) is 70.8 Å². The minimum Gasteiger partial charge on any atom is -0.298 e. The Kier molecular flexibility index (Phi) is 4.37. The van der Waals surface area contributed by atoms with Crippen molar-refractivity contribution in [2.75, 3.05) is 0 Å². The lowest BCUT2D eigenvalue weighted by atomic mass is 9.84. The van der Waals surface area contributed by atoms with E-state index < -0.39 is 0 Å². The first kappa shape index (κ1) is 15.7. The summed E-state index contributed by atoms with van der Waals surface area (Å²) in [6, 6.07) is 10.4. The minimum absolute atomic E-state index is 0.323. The van der Waals surface area contributed by atoms with Gasteiger partial charge in [-0.25, -0.2) is 0 Å². The topological polar surface area (TPSA) is 32.6 Å². The molecule has 2 saturated heterocycles. The summed E-state index contributed by atoms with van der Waals surface area (Å²) in [6.45, 7) is 4.29. The molecule has 2 heterocycles. The third-order valence-electron chi connectivity index (χ3n) is 5.22. The molecule has 3 nitrogen and oxygen atoms in total. The zero-order valence-electron chi connectivity index (χ0n) is 13.8. The summed E-state index contributed by atoms with van der Waals surface area (Å²) in [5, 5.41) is 2.04. The molecule has 3 atom stereocenters. The number of benzene rings is 1. The standard InChI is InChI=1S/C19H27NO2/c1-3-5-9-13-18(17(21)10-4-2)14-15-19(20(18)22-19)16-11-7-6-8-12-16/h6-8,11-12H,3-5,9-10,13-15H2,1-2H3/t18-,19-,20?/m0/s1. The number of ketones is 1. The monoisotopic (exact) mass is 301 g/mol. The van der Waals surface area contributed by atoms with Crippen LogP contribution in [0.3, 0.4) is 0 Å². The van der Waals surface area contributed by atoms with Crippen molar-refractivity contribution >= 4 is 5.78 Å². The molecule has 1 aromatic carbocycles. The molecule has 0 N–H and O–H groups in total. The van der Waals surface area contributed by atoms with E-state index in [9.17, 15) is 4.79 Å². The summed E-state index contributed by atoms with van der Waals surface area (Å²) in [5.41, 5.74) is 0.495. The lowest BCUT2D eigenvalue weighted by Crippen LogP contribution is -2.44. The second-order valence-electron chi connectivity index (χ2n) is 6.70. The number of carbonyl (C=O) groups excluding carboxylic acids is 1. The predicted molar refractivity (Wildman–Crippen MR) is 87.1 cm³/mol. The Morgan fingerprint density at radius 2 is 1.91 bits per heavy atom. The lowest BCUT2D eigenvalue weighted by Gasteiger charge is -2.28. The maximum Gasteiger partial charge on any atom is 0.191 e. The van der Waals surface area contributed by atoms with Gasteiger partial charge in [-0.2, -0.15) is 0 Å². The van der Waals surface area contributed by atoms with E-state index in [1.54, 1.807) is 0 Å². The van der Waals surface area contributed by atoms with Crippen LogP contribution >= 0.6 is 0 Å². The van der Waals surface area contributed by atoms with Crippen LogP contribution in [0.25, 0.3) is 0 Å². The average molecular weight is 301 g/mol. The van der Waals surface area contributed by atoms with Gasteiger partial charge in [0.2, 0.25) is 0 Å². The van der Waals surface area contributed by atoms with E-state index in [0.29, 0.717) is 12.2 Å². The highest BCUT2D eigenvalue weighted by atomic mass is 16.9. The molecule has 0 bridgehead atoms. The molecular formula is C19H27NO2. The molecule has 120 valence electrons. The van der Waals surface area contributed by atoms with Crippen LogP contribution in [-0.4, -0.2) is 16.4 Å². The fourth-order valence-electron chi connectivity index (χ4n) is 3.95. The van der Waals surface area contributed by atoms with Gasteiger partial charge in [0.1, 0.15) is 5.54 Å². The first-order chi connectivity index (χ1) is 10.7. The van der Waals surface area contributed by atoms with Gasteiger partial charge in [-0.05, 0) is 19.3 Å². The molecule has 0 aliphatic carbocycles. The fourth-order valence-corrected chi connectivity index (χ4v) is 3.95. The average Bonchev–Trinajstić information content (AvgIpc) is 3.21. The Labute approximate surface area is 133 Å². The van der Waals surface area contributed by atoms with Crippen molar-refractivity contribution in [2.45, 2.75) is 76.5 Å². The van der Waals surface area contributed by atoms with Gasteiger partial charge in [-0.1, -0.05) is 63.4 Å². The van der Waals surface area contributed by atoms with Gasteiger partial charge in [0, 0.05) is 18.4 Å². The number of hydrogen-bond donors (Lipinski definition) is 0. The van der Waals surface area contributed by atoms with Crippen LogP contribution < -0.4 is 0 Å². The van der Waals surface area contributed by atoms with Gasteiger partial charge in [-0.3, -0.25) is 9.63 Å². The maximum atomic E-state index is 12.9. The van der Waals surface area contributed by atoms with E-state index in [1.165, 1.54) is 18.4 Å². The number of carbonyl (C=O) groups is 1. The van der Waals surface area contributed by atoms with Gasteiger partial charge in [0.25, 0.3) is 0 Å². The van der Waals surface area contributed by atoms with Crippen molar-refractivity contribution in [2.24, 2.45) is 0 Å². The molecule has 3 rings (SSSR count). The Balaban J connectivity index is 1.82. The molecule has 2 fully saturated rings. The maximum absolute atomic E-state index is 12.9. The van der Waals surface area contributed by atoms with Crippen LogP contribution in [0.4, 0.5) is 0 Å². The van der Waals surface area contributed by atoms with Gasteiger partial charge in [0.05, 0.1) is 0 Å². The number of hydroxylamine groups is 2. The molecule has 0 saturated carbocycles. The van der Waals surface area contributed by atoms with Crippen molar-refractivity contribution in [3.05, 3.63) is 35.9 Å². The molecular weight excluding hydrogens is 274 g/mol. The van der Waals surface area contributed by atoms with E-state index >= 15 is 0 Å². The zero-order valence-corrected chi connectivity index (χ0v) is 13.8. The van der Waals surface area contributed by atoms with E-state index in [1.807, 2.05) is 11.1 Å². The Bertz CT molecular complexity index is 529. The summed E-state index contributed by atoms with van der Waals surface area (Å²) >= 11 is 0. The summed E-state index contributed by atoms with van der Waals surface area (Å²) in [5.74, 6) is 0.376. The van der Waals surface area contributed by atoms with Crippen molar-refractivity contribution < 1.29 is 9.63 Å². The Hall–Kier alpha value is -1.19. The lowest BCUT2D eigenvalue weighted by molar-refractivity contribution is -0.132. The first-order valence-corrected chi connectivity index (χ1v) is 8.78. The van der Waals surface area contributed by atoms with Gasteiger partial charge in [0.15, 0.2) is 11.5 Å². The second-order valence-corrected chi connectivity index (χ2v) is 6.70. The molecule has 1 aromatic rings. The molecule has 22 heavy (non-hydrogen) atoms. The van der Waals surface area contributed by atoms with E-state index in [2.05, 4.69) is 38.1 Å². The van der Waals surface area contributed by atoms with Crippen LogP contribution in [0.2, 0.25) is 0 Å². The Morgan fingerprint density at radius 1 is 1.14 bits per heavy atom. The second kappa shape index (κ2) is 6.13. The smallest absolute Gasteiger partial charge is 0.191 e. The molecule has 1 unspecified atom stereocenters. The quantitative estimate of drug-likeness (QED) is 0.521. The highest BCUT2D eigenvalue weighted by Crippen LogP contribution is 2.62. The largest absolute Gasteiger partial charge is 0.298 e. The predicted octanol–water partition coefficient (Wildman–Crippen LogP) is 4.57. The van der Waals surface area contributed by atoms with Gasteiger partial charge >= 0.3 is 0 Å². The van der Waals surface area contributed by atoms with E-state index in [-0.39, 0.29) is 11.3 Å². The normalized spacial score (nSPS) is 32.7. The van der Waals surface area contributed by atoms with Crippen molar-refractivity contribution in [1.82, 2.24) is 5.06 Å². The zero-order chi connectivity index (χ0) is 15.6. The minimum atomic E-state index is -0.374. The summed E-state index contributed by atoms with van der Waals surface area (Å²) in [7, 11) is 0. The van der Waals surface area contributed by atoms with Gasteiger partial charge < -0.3 is 0 Å². The van der Waals surface area contributed by atoms with Crippen LogP contribution in [-0.2, 0) is 15.4 Å². The summed E-state index contributed by atoms with van der Waals surface area (Å²) in [6.07, 6.45) is 7.86. The van der Waals surface area contributed by atoms with E-state index in [0.717, 1.165) is 32.1 Å². The fraction of sp³-hybridized carbons (Fsp3) is 0.632. The van der Waals surface area contributed by atoms with E-state index in [4.69, 9.17) is 4.84 Å². The Morgan fingerprint density at radius 3 is 2.55 bits per heavy atom. The van der Waals surface area contributed by atoms with Crippen LogP contribution in [0, 0.1) is 0 Å². The van der Waals surface area contributed by atoms with Crippen LogP contribution in [0.15, 0.2) is 30.3 Å². The highest BCUT2D eigenvalue weighted by molar-refractivity contribution is 5.89. The first-order valence-electron chi connectivity index (χ1n) is 8.78. The third-order valence-corrected chi connectivity index (χ3v) is 5.22. The van der Waals surface area contributed by atoms with Crippen molar-refractivity contribution in [3.63, 3.8) is 0 Å². The number of hydrogen-bond acceptors (Lipinski definition) is 3. The molecule has 0 amide bonds. The number of unbranched alkanes of at least 4 members (excludes halogenated alkanes) is 2. The molecule has 0 spiro atoms. The highest BCUT2D eigenvalue weighted by Gasteiger charge is 2.71.